The van der Waals surface area contributed by atoms with Gasteiger partial charge in [-0.3, -0.25) is 9.59 Å². The summed E-state index contributed by atoms with van der Waals surface area (Å²) in [6.45, 7) is 7.11. The molecular weight excluding hydrogens is 438 g/mol. The molecule has 178 valence electrons. The Labute approximate surface area is 196 Å². The molecule has 0 aliphatic carbocycles. The van der Waals surface area contributed by atoms with E-state index >= 15 is 0 Å². The first kappa shape index (κ1) is 24.9. The SMILES string of the molecule is CN(Cc1ccccc1)S(=O)(=O)c1ccc(NC(=O)C2CCN(C(=O)C(C)(C)C)CC2)cc1. The lowest BCUT2D eigenvalue weighted by Gasteiger charge is -2.35. The number of rotatable bonds is 6. The number of benzene rings is 2. The Morgan fingerprint density at radius 2 is 1.58 bits per heavy atom. The Morgan fingerprint density at radius 3 is 2.12 bits per heavy atom. The van der Waals surface area contributed by atoms with Gasteiger partial charge in [-0.05, 0) is 42.7 Å². The van der Waals surface area contributed by atoms with Crippen LogP contribution in [0.25, 0.3) is 0 Å². The molecule has 0 radical (unpaired) electrons. The number of hydrogen-bond acceptors (Lipinski definition) is 4. The van der Waals surface area contributed by atoms with E-state index in [4.69, 9.17) is 0 Å². The summed E-state index contributed by atoms with van der Waals surface area (Å²) in [4.78, 5) is 27.1. The average Bonchev–Trinajstić information content (AvgIpc) is 2.79. The molecule has 0 saturated carbocycles. The Bertz CT molecular complexity index is 1070. The van der Waals surface area contributed by atoms with E-state index in [1.54, 1.807) is 19.2 Å². The highest BCUT2D eigenvalue weighted by Gasteiger charge is 2.32. The number of anilines is 1. The van der Waals surface area contributed by atoms with E-state index in [9.17, 15) is 18.0 Å². The van der Waals surface area contributed by atoms with E-state index in [1.165, 1.54) is 16.4 Å². The second-order valence-corrected chi connectivity index (χ2v) is 11.6. The van der Waals surface area contributed by atoms with Gasteiger partial charge in [0, 0.05) is 43.7 Å². The summed E-state index contributed by atoms with van der Waals surface area (Å²) in [5.41, 5.74) is 1.03. The molecular formula is C25H33N3O4S. The zero-order valence-electron chi connectivity index (χ0n) is 19.7. The molecule has 1 saturated heterocycles. The van der Waals surface area contributed by atoms with Crippen molar-refractivity contribution in [3.63, 3.8) is 0 Å². The van der Waals surface area contributed by atoms with Gasteiger partial charge in [-0.1, -0.05) is 51.1 Å². The molecule has 1 N–H and O–H groups in total. The minimum Gasteiger partial charge on any atom is -0.342 e. The molecule has 0 bridgehead atoms. The van der Waals surface area contributed by atoms with Crippen molar-refractivity contribution in [2.75, 3.05) is 25.5 Å². The van der Waals surface area contributed by atoms with E-state index in [-0.39, 0.29) is 29.2 Å². The van der Waals surface area contributed by atoms with Crippen LogP contribution in [0.3, 0.4) is 0 Å². The summed E-state index contributed by atoms with van der Waals surface area (Å²) in [6.07, 6.45) is 1.23. The number of likely N-dealkylation sites (tertiary alicyclic amines) is 1. The Hall–Kier alpha value is -2.71. The highest BCUT2D eigenvalue weighted by Crippen LogP contribution is 2.25. The maximum atomic E-state index is 12.9. The molecule has 2 aromatic rings. The Balaban J connectivity index is 1.57. The average molecular weight is 472 g/mol. The summed E-state index contributed by atoms with van der Waals surface area (Å²) >= 11 is 0. The van der Waals surface area contributed by atoms with Gasteiger partial charge in [0.05, 0.1) is 4.90 Å². The number of nitrogens with zero attached hydrogens (tertiary/aromatic N) is 2. The second kappa shape index (κ2) is 10.1. The first-order valence-electron chi connectivity index (χ1n) is 11.2. The molecule has 2 amide bonds. The fourth-order valence-electron chi connectivity index (χ4n) is 3.88. The van der Waals surface area contributed by atoms with E-state index in [2.05, 4.69) is 5.32 Å². The third kappa shape index (κ3) is 6.21. The van der Waals surface area contributed by atoms with Crippen molar-refractivity contribution in [2.45, 2.75) is 45.1 Å². The lowest BCUT2D eigenvalue weighted by Crippen LogP contribution is -2.45. The van der Waals surface area contributed by atoms with Crippen molar-refractivity contribution >= 4 is 27.5 Å². The van der Waals surface area contributed by atoms with Crippen LogP contribution < -0.4 is 5.32 Å². The van der Waals surface area contributed by atoms with Gasteiger partial charge >= 0.3 is 0 Å². The minimum atomic E-state index is -3.65. The number of sulfonamides is 1. The molecule has 0 atom stereocenters. The lowest BCUT2D eigenvalue weighted by molar-refractivity contribution is -0.142. The fourth-order valence-corrected chi connectivity index (χ4v) is 5.04. The van der Waals surface area contributed by atoms with Crippen LogP contribution in [0.1, 0.15) is 39.2 Å². The molecule has 8 heteroatoms. The molecule has 2 aromatic carbocycles. The molecule has 33 heavy (non-hydrogen) atoms. The Morgan fingerprint density at radius 1 is 1.00 bits per heavy atom. The van der Waals surface area contributed by atoms with Crippen LogP contribution in [0.15, 0.2) is 59.5 Å². The lowest BCUT2D eigenvalue weighted by atomic mass is 9.90. The number of hydrogen-bond donors (Lipinski definition) is 1. The predicted molar refractivity (Wildman–Crippen MR) is 129 cm³/mol. The molecule has 0 unspecified atom stereocenters. The number of piperidine rings is 1. The molecule has 1 heterocycles. The highest BCUT2D eigenvalue weighted by atomic mass is 32.2. The number of amides is 2. The standard InChI is InChI=1S/C25H33N3O4S/c1-25(2,3)24(30)28-16-14-20(15-17-28)23(29)26-21-10-12-22(13-11-21)33(31,32)27(4)18-19-8-6-5-7-9-19/h5-13,20H,14-18H2,1-4H3,(H,26,29). The van der Waals surface area contributed by atoms with Crippen molar-refractivity contribution in [2.24, 2.45) is 11.3 Å². The first-order chi connectivity index (χ1) is 15.5. The minimum absolute atomic E-state index is 0.102. The summed E-state index contributed by atoms with van der Waals surface area (Å²) in [6, 6.07) is 15.6. The normalized spacial score (nSPS) is 15.5. The third-order valence-electron chi connectivity index (χ3n) is 5.87. The van der Waals surface area contributed by atoms with Gasteiger partial charge in [0.15, 0.2) is 0 Å². The van der Waals surface area contributed by atoms with Gasteiger partial charge in [0.1, 0.15) is 0 Å². The van der Waals surface area contributed by atoms with Gasteiger partial charge in [0.2, 0.25) is 21.8 Å². The quantitative estimate of drug-likeness (QED) is 0.696. The van der Waals surface area contributed by atoms with E-state index in [0.29, 0.717) is 31.6 Å². The third-order valence-corrected chi connectivity index (χ3v) is 7.69. The largest absolute Gasteiger partial charge is 0.342 e. The van der Waals surface area contributed by atoms with Crippen molar-refractivity contribution in [3.05, 3.63) is 60.2 Å². The van der Waals surface area contributed by atoms with Gasteiger partial charge in [-0.25, -0.2) is 8.42 Å². The molecule has 1 aliphatic rings. The van der Waals surface area contributed by atoms with E-state index < -0.39 is 15.4 Å². The van der Waals surface area contributed by atoms with Crippen LogP contribution in [0.2, 0.25) is 0 Å². The number of nitrogens with one attached hydrogen (secondary N) is 1. The zero-order chi connectivity index (χ0) is 24.2. The molecule has 1 aliphatic heterocycles. The summed E-state index contributed by atoms with van der Waals surface area (Å²) in [5.74, 6) is -0.167. The van der Waals surface area contributed by atoms with E-state index in [1.807, 2.05) is 56.0 Å². The summed E-state index contributed by atoms with van der Waals surface area (Å²) in [5, 5.41) is 2.88. The fraction of sp³-hybridized carbons (Fsp3) is 0.440. The summed E-state index contributed by atoms with van der Waals surface area (Å²) in [7, 11) is -2.10. The molecule has 0 spiro atoms. The molecule has 3 rings (SSSR count). The van der Waals surface area contributed by atoms with E-state index in [0.717, 1.165) is 5.56 Å². The van der Waals surface area contributed by atoms with Gasteiger partial charge in [0.25, 0.3) is 0 Å². The molecule has 7 nitrogen and oxygen atoms in total. The smallest absolute Gasteiger partial charge is 0.243 e. The van der Waals surface area contributed by atoms with Crippen molar-refractivity contribution in [1.29, 1.82) is 0 Å². The topological polar surface area (TPSA) is 86.8 Å². The van der Waals surface area contributed by atoms with Gasteiger partial charge < -0.3 is 10.2 Å². The van der Waals surface area contributed by atoms with Crippen LogP contribution in [-0.4, -0.2) is 49.6 Å². The molecule has 1 fully saturated rings. The number of carbonyl (C=O) groups excluding carboxylic acids is 2. The van der Waals surface area contributed by atoms with Crippen molar-refractivity contribution in [3.8, 4) is 0 Å². The predicted octanol–water partition coefficient (Wildman–Crippen LogP) is 3.73. The Kier molecular flexibility index (Phi) is 7.59. The van der Waals surface area contributed by atoms with Crippen molar-refractivity contribution < 1.29 is 18.0 Å². The van der Waals surface area contributed by atoms with Crippen molar-refractivity contribution in [1.82, 2.24) is 9.21 Å². The summed E-state index contributed by atoms with van der Waals surface area (Å²) < 4.78 is 27.1. The highest BCUT2D eigenvalue weighted by molar-refractivity contribution is 7.89. The van der Waals surface area contributed by atoms with Gasteiger partial charge in [-0.2, -0.15) is 4.31 Å². The molecule has 0 aromatic heterocycles. The van der Waals surface area contributed by atoms with Crippen LogP contribution >= 0.6 is 0 Å². The number of carbonyl (C=O) groups is 2. The van der Waals surface area contributed by atoms with Crippen LogP contribution in [0.5, 0.6) is 0 Å². The van der Waals surface area contributed by atoms with Crippen LogP contribution in [0, 0.1) is 11.3 Å². The maximum Gasteiger partial charge on any atom is 0.243 e. The van der Waals surface area contributed by atoms with Crippen LogP contribution in [-0.2, 0) is 26.2 Å². The maximum absolute atomic E-state index is 12.9. The van der Waals surface area contributed by atoms with Gasteiger partial charge in [-0.15, -0.1) is 0 Å². The zero-order valence-corrected chi connectivity index (χ0v) is 20.6. The second-order valence-electron chi connectivity index (χ2n) is 9.58. The van der Waals surface area contributed by atoms with Crippen LogP contribution in [0.4, 0.5) is 5.69 Å². The first-order valence-corrected chi connectivity index (χ1v) is 12.6. The monoisotopic (exact) mass is 471 g/mol.